The van der Waals surface area contributed by atoms with Crippen LogP contribution in [0.2, 0.25) is 0 Å². The monoisotopic (exact) mass is 376 g/mol. The lowest BCUT2D eigenvalue weighted by Crippen LogP contribution is -2.13. The molecule has 0 aliphatic carbocycles. The molecule has 3 N–H and O–H groups in total. The molecule has 0 radical (unpaired) electrons. The second-order valence-electron chi connectivity index (χ2n) is 6.12. The van der Waals surface area contributed by atoms with Crippen LogP contribution in [0.4, 0.5) is 8.78 Å². The maximum Gasteiger partial charge on any atom is 0.170 e. The van der Waals surface area contributed by atoms with E-state index in [-0.39, 0.29) is 17.5 Å². The number of benzene rings is 3. The molecule has 5 nitrogen and oxygen atoms in total. The maximum atomic E-state index is 13.4. The normalized spacial score (nSPS) is 11.7. The van der Waals surface area contributed by atoms with Crippen molar-refractivity contribution >= 4 is 16.9 Å². The lowest BCUT2D eigenvalue weighted by Gasteiger charge is -2.11. The van der Waals surface area contributed by atoms with Gasteiger partial charge in [-0.2, -0.15) is 0 Å². The van der Waals surface area contributed by atoms with Crippen molar-refractivity contribution in [2.45, 2.75) is 0 Å². The van der Waals surface area contributed by atoms with Crippen LogP contribution < -0.4 is 5.73 Å². The Morgan fingerprint density at radius 1 is 0.750 bits per heavy atom. The van der Waals surface area contributed by atoms with Crippen molar-refractivity contribution in [2.75, 3.05) is 0 Å². The van der Waals surface area contributed by atoms with E-state index in [2.05, 4.69) is 15.1 Å². The summed E-state index contributed by atoms with van der Waals surface area (Å²) in [7, 11) is 0. The first kappa shape index (κ1) is 17.5. The van der Waals surface area contributed by atoms with E-state index in [1.165, 1.54) is 24.3 Å². The van der Waals surface area contributed by atoms with E-state index < -0.39 is 0 Å². The number of aromatic nitrogens is 2. The average Bonchev–Trinajstić information content (AvgIpc) is 2.73. The molecule has 0 amide bonds. The molecular formula is C21H14F2N4O. The molecule has 4 rings (SSSR count). The van der Waals surface area contributed by atoms with Gasteiger partial charge in [0.1, 0.15) is 11.6 Å². The zero-order chi connectivity index (χ0) is 19.7. The Morgan fingerprint density at radius 2 is 1.25 bits per heavy atom. The molecule has 0 fully saturated rings. The van der Waals surface area contributed by atoms with Crippen molar-refractivity contribution in [3.05, 3.63) is 83.9 Å². The molecule has 138 valence electrons. The average molecular weight is 376 g/mol. The molecule has 4 aromatic rings. The van der Waals surface area contributed by atoms with E-state index >= 15 is 0 Å². The Hall–Kier alpha value is -3.87. The van der Waals surface area contributed by atoms with Crippen molar-refractivity contribution in [3.63, 3.8) is 0 Å². The number of rotatable bonds is 3. The van der Waals surface area contributed by atoms with E-state index in [0.29, 0.717) is 39.1 Å². The van der Waals surface area contributed by atoms with E-state index in [4.69, 9.17) is 10.9 Å². The van der Waals surface area contributed by atoms with Crippen LogP contribution in [0.25, 0.3) is 33.5 Å². The van der Waals surface area contributed by atoms with Crippen LogP contribution in [0.1, 0.15) is 5.56 Å². The number of halogens is 2. The van der Waals surface area contributed by atoms with Gasteiger partial charge in [0.05, 0.1) is 22.4 Å². The molecule has 0 bridgehead atoms. The van der Waals surface area contributed by atoms with Gasteiger partial charge in [0.25, 0.3) is 0 Å². The van der Waals surface area contributed by atoms with Gasteiger partial charge in [-0.1, -0.05) is 5.16 Å². The van der Waals surface area contributed by atoms with Gasteiger partial charge in [0.15, 0.2) is 5.84 Å². The minimum absolute atomic E-state index is 0.0466. The van der Waals surface area contributed by atoms with Gasteiger partial charge in [-0.25, -0.2) is 18.7 Å². The molecule has 0 unspecified atom stereocenters. The standard InChI is InChI=1S/C21H14F2N4O/c22-15-6-1-12(2-7-15)19-20(13-3-8-16(23)9-4-13)26-18-11-14(21(24)27-28)5-10-17(18)25-19/h1-11,28H,(H2,24,27). The molecule has 7 heteroatoms. The van der Waals surface area contributed by atoms with Crippen LogP contribution >= 0.6 is 0 Å². The zero-order valence-electron chi connectivity index (χ0n) is 14.5. The first-order valence-corrected chi connectivity index (χ1v) is 8.37. The lowest BCUT2D eigenvalue weighted by molar-refractivity contribution is 0.318. The highest BCUT2D eigenvalue weighted by atomic mass is 19.1. The summed E-state index contributed by atoms with van der Waals surface area (Å²) in [5, 5.41) is 11.9. The molecule has 0 spiro atoms. The fraction of sp³-hybridized carbons (Fsp3) is 0. The third-order valence-electron chi connectivity index (χ3n) is 4.30. The van der Waals surface area contributed by atoms with Crippen LogP contribution in [-0.4, -0.2) is 21.0 Å². The first-order chi connectivity index (χ1) is 13.5. The largest absolute Gasteiger partial charge is 0.409 e. The van der Waals surface area contributed by atoms with Crippen molar-refractivity contribution in [3.8, 4) is 22.5 Å². The Kier molecular flexibility index (Phi) is 4.41. The van der Waals surface area contributed by atoms with Crippen molar-refractivity contribution in [1.82, 2.24) is 9.97 Å². The van der Waals surface area contributed by atoms with Gasteiger partial charge < -0.3 is 10.9 Å². The molecule has 0 atom stereocenters. The molecule has 0 aliphatic rings. The molecular weight excluding hydrogens is 362 g/mol. The van der Waals surface area contributed by atoms with Gasteiger partial charge in [0.2, 0.25) is 0 Å². The first-order valence-electron chi connectivity index (χ1n) is 8.37. The van der Waals surface area contributed by atoms with Gasteiger partial charge in [0, 0.05) is 16.7 Å². The second kappa shape index (κ2) is 7.03. The molecule has 0 saturated carbocycles. The zero-order valence-corrected chi connectivity index (χ0v) is 14.5. The highest BCUT2D eigenvalue weighted by Crippen LogP contribution is 2.31. The number of amidine groups is 1. The summed E-state index contributed by atoms with van der Waals surface area (Å²) < 4.78 is 26.7. The Morgan fingerprint density at radius 3 is 1.75 bits per heavy atom. The third kappa shape index (κ3) is 3.25. The van der Waals surface area contributed by atoms with E-state index in [9.17, 15) is 8.78 Å². The summed E-state index contributed by atoms with van der Waals surface area (Å²) in [5.41, 5.74) is 9.64. The summed E-state index contributed by atoms with van der Waals surface area (Å²) in [6.45, 7) is 0. The fourth-order valence-corrected chi connectivity index (χ4v) is 2.89. The lowest BCUT2D eigenvalue weighted by atomic mass is 10.0. The number of oxime groups is 1. The summed E-state index contributed by atoms with van der Waals surface area (Å²) in [6.07, 6.45) is 0. The molecule has 28 heavy (non-hydrogen) atoms. The predicted octanol–water partition coefficient (Wildman–Crippen LogP) is 4.34. The Labute approximate surface area is 158 Å². The minimum atomic E-state index is -0.366. The molecule has 1 aromatic heterocycles. The van der Waals surface area contributed by atoms with Crippen LogP contribution in [0.15, 0.2) is 71.9 Å². The number of nitrogens with two attached hydrogens (primary N) is 1. The smallest absolute Gasteiger partial charge is 0.170 e. The van der Waals surface area contributed by atoms with E-state index in [0.717, 1.165) is 0 Å². The molecule has 0 saturated heterocycles. The quantitative estimate of drug-likeness (QED) is 0.241. The second-order valence-corrected chi connectivity index (χ2v) is 6.12. The van der Waals surface area contributed by atoms with Gasteiger partial charge in [-0.05, 0) is 66.7 Å². The molecule has 1 heterocycles. The van der Waals surface area contributed by atoms with Crippen molar-refractivity contribution < 1.29 is 14.0 Å². The Bertz CT molecular complexity index is 1190. The summed E-state index contributed by atoms with van der Waals surface area (Å²) in [4.78, 5) is 9.36. The number of hydrogen-bond donors (Lipinski definition) is 2. The highest BCUT2D eigenvalue weighted by molar-refractivity contribution is 6.00. The number of fused-ring (bicyclic) bond motifs is 1. The number of hydrogen-bond acceptors (Lipinski definition) is 4. The summed E-state index contributed by atoms with van der Waals surface area (Å²) in [6, 6.07) is 16.8. The Balaban J connectivity index is 1.98. The van der Waals surface area contributed by atoms with E-state index in [1.54, 1.807) is 42.5 Å². The van der Waals surface area contributed by atoms with Gasteiger partial charge >= 0.3 is 0 Å². The summed E-state index contributed by atoms with van der Waals surface area (Å²) in [5.74, 6) is -0.770. The predicted molar refractivity (Wildman–Crippen MR) is 103 cm³/mol. The van der Waals surface area contributed by atoms with E-state index in [1.807, 2.05) is 0 Å². The van der Waals surface area contributed by atoms with Crippen molar-refractivity contribution in [2.24, 2.45) is 10.9 Å². The van der Waals surface area contributed by atoms with Crippen LogP contribution in [-0.2, 0) is 0 Å². The van der Waals surface area contributed by atoms with Crippen LogP contribution in [0, 0.1) is 11.6 Å². The minimum Gasteiger partial charge on any atom is -0.409 e. The topological polar surface area (TPSA) is 84.4 Å². The highest BCUT2D eigenvalue weighted by Gasteiger charge is 2.14. The molecule has 3 aromatic carbocycles. The number of nitrogens with zero attached hydrogens (tertiary/aromatic N) is 3. The van der Waals surface area contributed by atoms with Gasteiger partial charge in [-0.15, -0.1) is 0 Å². The summed E-state index contributed by atoms with van der Waals surface area (Å²) >= 11 is 0. The van der Waals surface area contributed by atoms with Crippen molar-refractivity contribution in [1.29, 1.82) is 0 Å². The van der Waals surface area contributed by atoms with Crippen LogP contribution in [0.3, 0.4) is 0 Å². The fourth-order valence-electron chi connectivity index (χ4n) is 2.89. The van der Waals surface area contributed by atoms with Gasteiger partial charge in [-0.3, -0.25) is 0 Å². The maximum absolute atomic E-state index is 13.4. The van der Waals surface area contributed by atoms with Crippen LogP contribution in [0.5, 0.6) is 0 Å². The SMILES string of the molecule is NC(=NO)c1ccc2nc(-c3ccc(F)cc3)c(-c3ccc(F)cc3)nc2c1. The molecule has 0 aliphatic heterocycles. The third-order valence-corrected chi connectivity index (χ3v) is 4.30.